The van der Waals surface area contributed by atoms with E-state index in [4.69, 9.17) is 15.2 Å². The van der Waals surface area contributed by atoms with Crippen LogP contribution >= 0.6 is 0 Å². The molecule has 0 spiro atoms. The Bertz CT molecular complexity index is 420. The van der Waals surface area contributed by atoms with Gasteiger partial charge in [-0.25, -0.2) is 0 Å². The Morgan fingerprint density at radius 3 is 2.24 bits per heavy atom. The predicted molar refractivity (Wildman–Crippen MR) is 69.3 cm³/mol. The monoisotopic (exact) mass is 236 g/mol. The molecular weight excluding hydrogens is 216 g/mol. The molecule has 1 aromatic carbocycles. The Hall–Kier alpha value is -1.26. The van der Waals surface area contributed by atoms with Crippen molar-refractivity contribution in [2.75, 3.05) is 37.9 Å². The molecular formula is C13H20N2O2. The maximum atomic E-state index is 5.89. The molecule has 0 bridgehead atoms. The van der Waals surface area contributed by atoms with E-state index in [1.807, 2.05) is 13.0 Å². The largest absolute Gasteiger partial charge is 0.399 e. The van der Waals surface area contributed by atoms with Gasteiger partial charge in [0.1, 0.15) is 0 Å². The van der Waals surface area contributed by atoms with E-state index in [0.717, 1.165) is 24.3 Å². The number of ether oxygens (including phenoxy) is 2. The molecule has 17 heavy (non-hydrogen) atoms. The van der Waals surface area contributed by atoms with Crippen molar-refractivity contribution in [1.82, 2.24) is 0 Å². The molecule has 1 aliphatic rings. The van der Waals surface area contributed by atoms with Gasteiger partial charge >= 0.3 is 0 Å². The number of hydrogen-bond donors (Lipinski definition) is 1. The van der Waals surface area contributed by atoms with Crippen molar-refractivity contribution >= 4 is 11.4 Å². The summed E-state index contributed by atoms with van der Waals surface area (Å²) in [5, 5.41) is 0. The molecule has 1 saturated heterocycles. The SMILES string of the molecule is COC1(OC)CN(c2cc(C)c(N)cc2C)C1. The van der Waals surface area contributed by atoms with Crippen LogP contribution in [-0.4, -0.2) is 33.1 Å². The van der Waals surface area contributed by atoms with Crippen molar-refractivity contribution in [2.45, 2.75) is 19.6 Å². The van der Waals surface area contributed by atoms with Crippen LogP contribution in [0.5, 0.6) is 0 Å². The standard InChI is InChI=1S/C13H20N2O2/c1-9-6-12(10(2)5-11(9)14)15-7-13(8-15,16-3)17-4/h5-6H,7-8,14H2,1-4H3. The highest BCUT2D eigenvalue weighted by molar-refractivity contribution is 5.64. The summed E-state index contributed by atoms with van der Waals surface area (Å²) in [6.45, 7) is 5.61. The van der Waals surface area contributed by atoms with Gasteiger partial charge < -0.3 is 20.1 Å². The zero-order chi connectivity index (χ0) is 12.6. The number of nitrogen functional groups attached to an aromatic ring is 1. The van der Waals surface area contributed by atoms with Gasteiger partial charge in [-0.3, -0.25) is 0 Å². The highest BCUT2D eigenvalue weighted by atomic mass is 16.7. The van der Waals surface area contributed by atoms with Gasteiger partial charge in [0, 0.05) is 25.6 Å². The fraction of sp³-hybridized carbons (Fsp3) is 0.538. The second-order valence-electron chi connectivity index (χ2n) is 4.67. The van der Waals surface area contributed by atoms with Gasteiger partial charge in [0.05, 0.1) is 13.1 Å². The number of aryl methyl sites for hydroxylation is 2. The maximum Gasteiger partial charge on any atom is 0.203 e. The first kappa shape index (κ1) is 12.2. The van der Waals surface area contributed by atoms with Gasteiger partial charge in [-0.05, 0) is 37.1 Å². The quantitative estimate of drug-likeness (QED) is 0.641. The summed E-state index contributed by atoms with van der Waals surface area (Å²) in [5.41, 5.74) is 10.2. The molecule has 0 radical (unpaired) electrons. The van der Waals surface area contributed by atoms with Gasteiger partial charge in [-0.1, -0.05) is 0 Å². The van der Waals surface area contributed by atoms with Crippen molar-refractivity contribution in [3.63, 3.8) is 0 Å². The number of anilines is 2. The Kier molecular flexibility index (Phi) is 3.02. The third-order valence-corrected chi connectivity index (χ3v) is 3.53. The van der Waals surface area contributed by atoms with Crippen LogP contribution in [0, 0.1) is 13.8 Å². The van der Waals surface area contributed by atoms with Crippen LogP contribution in [0.1, 0.15) is 11.1 Å². The van der Waals surface area contributed by atoms with Crippen LogP contribution < -0.4 is 10.6 Å². The first-order valence-electron chi connectivity index (χ1n) is 5.73. The Labute approximate surface area is 102 Å². The minimum absolute atomic E-state index is 0.443. The van der Waals surface area contributed by atoms with E-state index in [1.165, 1.54) is 11.3 Å². The third-order valence-electron chi connectivity index (χ3n) is 3.53. The number of methoxy groups -OCH3 is 2. The molecule has 1 fully saturated rings. The summed E-state index contributed by atoms with van der Waals surface area (Å²) in [6, 6.07) is 4.14. The second kappa shape index (κ2) is 4.20. The molecule has 2 rings (SSSR count). The van der Waals surface area contributed by atoms with Crippen LogP contribution in [0.25, 0.3) is 0 Å². The molecule has 0 aromatic heterocycles. The summed E-state index contributed by atoms with van der Waals surface area (Å²) < 4.78 is 10.8. The maximum absolute atomic E-state index is 5.89. The molecule has 2 N–H and O–H groups in total. The van der Waals surface area contributed by atoms with Crippen molar-refractivity contribution in [3.8, 4) is 0 Å². The Balaban J connectivity index is 2.19. The number of benzene rings is 1. The molecule has 0 aliphatic carbocycles. The fourth-order valence-corrected chi connectivity index (χ4v) is 2.21. The Morgan fingerprint density at radius 1 is 1.12 bits per heavy atom. The topological polar surface area (TPSA) is 47.7 Å². The number of nitrogens with zero attached hydrogens (tertiary/aromatic N) is 1. The fourth-order valence-electron chi connectivity index (χ4n) is 2.21. The number of rotatable bonds is 3. The van der Waals surface area contributed by atoms with E-state index in [0.29, 0.717) is 0 Å². The highest BCUT2D eigenvalue weighted by Gasteiger charge is 2.44. The van der Waals surface area contributed by atoms with E-state index in [1.54, 1.807) is 14.2 Å². The van der Waals surface area contributed by atoms with Crippen LogP contribution in [-0.2, 0) is 9.47 Å². The molecule has 4 heteroatoms. The van der Waals surface area contributed by atoms with Gasteiger partial charge in [0.15, 0.2) is 0 Å². The van der Waals surface area contributed by atoms with Gasteiger partial charge in [-0.2, -0.15) is 0 Å². The summed E-state index contributed by atoms with van der Waals surface area (Å²) in [5.74, 6) is -0.443. The van der Waals surface area contributed by atoms with Gasteiger partial charge in [-0.15, -0.1) is 0 Å². The minimum atomic E-state index is -0.443. The summed E-state index contributed by atoms with van der Waals surface area (Å²) in [7, 11) is 3.36. The predicted octanol–water partition coefficient (Wildman–Crippen LogP) is 1.69. The summed E-state index contributed by atoms with van der Waals surface area (Å²) in [4.78, 5) is 2.24. The first-order chi connectivity index (χ1) is 8.01. The molecule has 4 nitrogen and oxygen atoms in total. The molecule has 0 unspecified atom stereocenters. The average Bonchev–Trinajstić information content (AvgIpc) is 2.25. The van der Waals surface area contributed by atoms with Crippen LogP contribution in [0.15, 0.2) is 12.1 Å². The molecule has 1 aliphatic heterocycles. The molecule has 1 heterocycles. The molecule has 1 aromatic rings. The lowest BCUT2D eigenvalue weighted by molar-refractivity contribution is -0.219. The van der Waals surface area contributed by atoms with E-state index < -0.39 is 5.79 Å². The lowest BCUT2D eigenvalue weighted by Gasteiger charge is -2.49. The number of hydrogen-bond acceptors (Lipinski definition) is 4. The van der Waals surface area contributed by atoms with Crippen LogP contribution in [0.4, 0.5) is 11.4 Å². The van der Waals surface area contributed by atoms with Crippen molar-refractivity contribution in [3.05, 3.63) is 23.3 Å². The molecule has 0 saturated carbocycles. The Morgan fingerprint density at radius 2 is 1.71 bits per heavy atom. The third kappa shape index (κ3) is 1.98. The van der Waals surface area contributed by atoms with Crippen LogP contribution in [0.3, 0.4) is 0 Å². The molecule has 94 valence electrons. The summed E-state index contributed by atoms with van der Waals surface area (Å²) in [6.07, 6.45) is 0. The zero-order valence-corrected chi connectivity index (χ0v) is 10.9. The van der Waals surface area contributed by atoms with Gasteiger partial charge in [0.25, 0.3) is 0 Å². The van der Waals surface area contributed by atoms with Crippen LogP contribution in [0.2, 0.25) is 0 Å². The molecule has 0 amide bonds. The normalized spacial score (nSPS) is 18.0. The number of nitrogens with two attached hydrogens (primary N) is 1. The highest BCUT2D eigenvalue weighted by Crippen LogP contribution is 2.34. The van der Waals surface area contributed by atoms with E-state index >= 15 is 0 Å². The van der Waals surface area contributed by atoms with E-state index in [9.17, 15) is 0 Å². The van der Waals surface area contributed by atoms with E-state index in [-0.39, 0.29) is 0 Å². The van der Waals surface area contributed by atoms with Gasteiger partial charge in [0.2, 0.25) is 5.79 Å². The first-order valence-corrected chi connectivity index (χ1v) is 5.73. The lowest BCUT2D eigenvalue weighted by atomic mass is 10.0. The van der Waals surface area contributed by atoms with Crippen molar-refractivity contribution < 1.29 is 9.47 Å². The zero-order valence-electron chi connectivity index (χ0n) is 10.9. The summed E-state index contributed by atoms with van der Waals surface area (Å²) >= 11 is 0. The van der Waals surface area contributed by atoms with E-state index in [2.05, 4.69) is 17.9 Å². The second-order valence-corrected chi connectivity index (χ2v) is 4.67. The minimum Gasteiger partial charge on any atom is -0.399 e. The van der Waals surface area contributed by atoms with Crippen molar-refractivity contribution in [1.29, 1.82) is 0 Å². The molecule has 0 atom stereocenters. The van der Waals surface area contributed by atoms with Crippen molar-refractivity contribution in [2.24, 2.45) is 0 Å². The smallest absolute Gasteiger partial charge is 0.203 e. The lowest BCUT2D eigenvalue weighted by Crippen LogP contribution is -2.64. The average molecular weight is 236 g/mol.